The molecule has 1 fully saturated rings. The number of hydrogen-bond acceptors (Lipinski definition) is 6. The van der Waals surface area contributed by atoms with Crippen LogP contribution in [0.15, 0.2) is 84.4 Å². The number of amides is 1. The number of H-pyrrole nitrogens is 2. The smallest absolute Gasteiger partial charge is 0.295 e. The third kappa shape index (κ3) is 4.68. The predicted molar refractivity (Wildman–Crippen MR) is 158 cm³/mol. The molecule has 0 spiro atoms. The van der Waals surface area contributed by atoms with Crippen molar-refractivity contribution in [3.05, 3.63) is 96.3 Å². The Morgan fingerprint density at radius 1 is 1.12 bits per heavy atom. The van der Waals surface area contributed by atoms with Gasteiger partial charge in [0.2, 0.25) is 0 Å². The number of aliphatic imine (C=N–C) groups is 1. The molecule has 206 valence electrons. The summed E-state index contributed by atoms with van der Waals surface area (Å²) in [4.78, 5) is 42.3. The molecule has 0 atom stereocenters. The molecule has 0 aliphatic carbocycles. The summed E-state index contributed by atoms with van der Waals surface area (Å²) < 4.78 is 14.9. The Bertz CT molecular complexity index is 1800. The van der Waals surface area contributed by atoms with Crippen LogP contribution >= 0.6 is 0 Å². The number of likely N-dealkylation sites (tertiary alicyclic amines) is 1. The van der Waals surface area contributed by atoms with Gasteiger partial charge < -0.3 is 14.9 Å². The van der Waals surface area contributed by atoms with Crippen molar-refractivity contribution in [1.29, 1.82) is 0 Å². The number of rotatable bonds is 7. The number of Topliss-reactive ketones (excluding diaryl/α,β-unsaturated/α-hetero) is 1. The number of hydrazine groups is 1. The zero-order valence-corrected chi connectivity index (χ0v) is 22.2. The standard InChI is InChI=1S/C31H28FN7O2/c1-34-13-16-39(33)30-28-26(23(32)18-36-30)22(17-35-28)29(40)31(41)38-14-11-19(12-15-38)25-21-9-5-6-10-24(21)37-27(25)20-7-3-2-4-8-20/h2-10,13,16-19,35,37H,1,11-12,14-15,33H2/b16-13-. The van der Waals surface area contributed by atoms with Crippen molar-refractivity contribution in [2.45, 2.75) is 18.8 Å². The number of aromatic nitrogens is 3. The van der Waals surface area contributed by atoms with E-state index in [1.54, 1.807) is 4.90 Å². The van der Waals surface area contributed by atoms with Gasteiger partial charge in [0.15, 0.2) is 11.6 Å². The van der Waals surface area contributed by atoms with Crippen molar-refractivity contribution < 1.29 is 14.0 Å². The summed E-state index contributed by atoms with van der Waals surface area (Å²) in [5.74, 6) is 4.18. The van der Waals surface area contributed by atoms with E-state index >= 15 is 0 Å². The Labute approximate surface area is 235 Å². The number of nitrogens with one attached hydrogen (secondary N) is 2. The Morgan fingerprint density at radius 3 is 2.61 bits per heavy atom. The monoisotopic (exact) mass is 549 g/mol. The number of nitrogens with zero attached hydrogens (tertiary/aromatic N) is 4. The summed E-state index contributed by atoms with van der Waals surface area (Å²) >= 11 is 0. The zero-order valence-electron chi connectivity index (χ0n) is 22.2. The lowest BCUT2D eigenvalue weighted by Crippen LogP contribution is -2.41. The van der Waals surface area contributed by atoms with Gasteiger partial charge in [-0.15, -0.1) is 0 Å². The summed E-state index contributed by atoms with van der Waals surface area (Å²) in [6.07, 6.45) is 6.43. The van der Waals surface area contributed by atoms with Crippen LogP contribution in [0.25, 0.3) is 33.1 Å². The van der Waals surface area contributed by atoms with Crippen LogP contribution in [0.2, 0.25) is 0 Å². The average molecular weight is 550 g/mol. The van der Waals surface area contributed by atoms with Crippen LogP contribution in [-0.4, -0.2) is 51.3 Å². The maximum atomic E-state index is 14.9. The van der Waals surface area contributed by atoms with Crippen molar-refractivity contribution in [3.63, 3.8) is 0 Å². The molecule has 0 bridgehead atoms. The largest absolute Gasteiger partial charge is 0.357 e. The highest BCUT2D eigenvalue weighted by molar-refractivity contribution is 6.45. The molecule has 5 aromatic rings. The molecular weight excluding hydrogens is 521 g/mol. The van der Waals surface area contributed by atoms with Crippen LogP contribution in [-0.2, 0) is 4.79 Å². The minimum atomic E-state index is -0.783. The number of nitrogens with two attached hydrogens (primary N) is 1. The Hall–Kier alpha value is -5.09. The molecular formula is C31H28FN7O2. The van der Waals surface area contributed by atoms with Crippen molar-refractivity contribution in [3.8, 4) is 11.3 Å². The van der Waals surface area contributed by atoms with Gasteiger partial charge >= 0.3 is 0 Å². The van der Waals surface area contributed by atoms with Gasteiger partial charge in [0.1, 0.15) is 0 Å². The first-order chi connectivity index (χ1) is 20.0. The van der Waals surface area contributed by atoms with E-state index in [9.17, 15) is 14.0 Å². The number of pyridine rings is 1. The van der Waals surface area contributed by atoms with E-state index in [1.807, 2.05) is 30.3 Å². The van der Waals surface area contributed by atoms with Crippen molar-refractivity contribution in [2.24, 2.45) is 10.8 Å². The SMILES string of the molecule is C=N/C=C\N(N)c1ncc(F)c2c(C(=O)C(=O)N3CCC(c4c(-c5ccccc5)[nH]c5ccccc45)CC3)c[nH]c12. The van der Waals surface area contributed by atoms with Gasteiger partial charge in [-0.25, -0.2) is 15.2 Å². The van der Waals surface area contributed by atoms with E-state index in [0.29, 0.717) is 25.9 Å². The molecule has 0 saturated carbocycles. The number of ketones is 1. The topological polar surface area (TPSA) is 123 Å². The van der Waals surface area contributed by atoms with Crippen LogP contribution in [0.3, 0.4) is 0 Å². The molecule has 0 radical (unpaired) electrons. The number of fused-ring (bicyclic) bond motifs is 2. The van der Waals surface area contributed by atoms with Crippen molar-refractivity contribution in [1.82, 2.24) is 19.9 Å². The van der Waals surface area contributed by atoms with Crippen LogP contribution in [0.1, 0.15) is 34.7 Å². The lowest BCUT2D eigenvalue weighted by atomic mass is 9.86. The molecule has 0 unspecified atom stereocenters. The predicted octanol–water partition coefficient (Wildman–Crippen LogP) is 5.29. The number of anilines is 1. The van der Waals surface area contributed by atoms with E-state index in [4.69, 9.17) is 5.84 Å². The van der Waals surface area contributed by atoms with E-state index in [0.717, 1.165) is 28.0 Å². The second-order valence-corrected chi connectivity index (χ2v) is 9.99. The normalized spacial score (nSPS) is 14.2. The molecule has 1 aliphatic heterocycles. The lowest BCUT2D eigenvalue weighted by molar-refractivity contribution is -0.127. The first kappa shape index (κ1) is 26.1. The van der Waals surface area contributed by atoms with Gasteiger partial charge in [-0.1, -0.05) is 48.5 Å². The number of hydrogen-bond donors (Lipinski definition) is 3. The third-order valence-electron chi connectivity index (χ3n) is 7.66. The van der Waals surface area contributed by atoms with Crippen molar-refractivity contribution >= 4 is 46.0 Å². The summed E-state index contributed by atoms with van der Waals surface area (Å²) in [5, 5.41) is 2.26. The summed E-state index contributed by atoms with van der Waals surface area (Å²) in [6.45, 7) is 4.18. The zero-order chi connectivity index (χ0) is 28.5. The van der Waals surface area contributed by atoms with Gasteiger partial charge in [0.25, 0.3) is 11.7 Å². The highest BCUT2D eigenvalue weighted by Crippen LogP contribution is 2.40. The van der Waals surface area contributed by atoms with E-state index in [2.05, 4.69) is 50.9 Å². The van der Waals surface area contributed by atoms with Gasteiger partial charge in [0, 0.05) is 48.3 Å². The van der Waals surface area contributed by atoms with Crippen LogP contribution < -0.4 is 10.9 Å². The summed E-state index contributed by atoms with van der Waals surface area (Å²) in [5.41, 5.74) is 4.63. The molecule has 10 heteroatoms. The van der Waals surface area contributed by atoms with Crippen LogP contribution in [0, 0.1) is 5.82 Å². The number of carbonyl (C=O) groups is 2. The first-order valence-electron chi connectivity index (χ1n) is 13.3. The fourth-order valence-electron chi connectivity index (χ4n) is 5.71. The molecule has 2 aromatic carbocycles. The van der Waals surface area contributed by atoms with Gasteiger partial charge in [-0.3, -0.25) is 19.6 Å². The molecule has 6 rings (SSSR count). The number of aromatic amines is 2. The Kier molecular flexibility index (Phi) is 6.90. The molecule has 4 heterocycles. The van der Waals surface area contributed by atoms with Crippen LogP contribution in [0.5, 0.6) is 0 Å². The fourth-order valence-corrected chi connectivity index (χ4v) is 5.71. The lowest BCUT2D eigenvalue weighted by Gasteiger charge is -2.32. The number of halogens is 1. The number of para-hydroxylation sites is 1. The maximum absolute atomic E-state index is 14.9. The number of carbonyl (C=O) groups excluding carboxylic acids is 2. The van der Waals surface area contributed by atoms with Crippen molar-refractivity contribution in [2.75, 3.05) is 18.1 Å². The number of benzene rings is 2. The van der Waals surface area contributed by atoms with E-state index < -0.39 is 17.5 Å². The van der Waals surface area contributed by atoms with Gasteiger partial charge in [-0.05, 0) is 42.7 Å². The fraction of sp³-hybridized carbons (Fsp3) is 0.161. The Balaban J connectivity index is 1.24. The molecule has 1 amide bonds. The van der Waals surface area contributed by atoms with Gasteiger partial charge in [-0.2, -0.15) is 0 Å². The molecule has 4 N–H and O–H groups in total. The minimum Gasteiger partial charge on any atom is -0.357 e. The molecule has 1 saturated heterocycles. The molecule has 41 heavy (non-hydrogen) atoms. The molecule has 3 aromatic heterocycles. The second kappa shape index (κ2) is 10.8. The average Bonchev–Trinajstić information content (AvgIpc) is 3.63. The van der Waals surface area contributed by atoms with Gasteiger partial charge in [0.05, 0.1) is 22.7 Å². The number of piperidine rings is 1. The third-order valence-corrected chi connectivity index (χ3v) is 7.66. The molecule has 1 aliphatic rings. The van der Waals surface area contributed by atoms with Crippen LogP contribution in [0.4, 0.5) is 10.2 Å². The highest BCUT2D eigenvalue weighted by Gasteiger charge is 2.32. The quantitative estimate of drug-likeness (QED) is 0.0837. The maximum Gasteiger partial charge on any atom is 0.295 e. The molecule has 9 nitrogen and oxygen atoms in total. The summed E-state index contributed by atoms with van der Waals surface area (Å²) in [7, 11) is 0. The summed E-state index contributed by atoms with van der Waals surface area (Å²) in [6, 6.07) is 18.4. The minimum absolute atomic E-state index is 0.0371. The Morgan fingerprint density at radius 2 is 1.85 bits per heavy atom. The first-order valence-corrected chi connectivity index (χ1v) is 13.3. The second-order valence-electron chi connectivity index (χ2n) is 9.99. The van der Waals surface area contributed by atoms with E-state index in [-0.39, 0.29) is 28.2 Å². The van der Waals surface area contributed by atoms with E-state index in [1.165, 1.54) is 29.5 Å². The highest BCUT2D eigenvalue weighted by atomic mass is 19.1.